The summed E-state index contributed by atoms with van der Waals surface area (Å²) in [5, 5.41) is 4.85. The van der Waals surface area contributed by atoms with Crippen molar-refractivity contribution in [2.45, 2.75) is 38.3 Å². The van der Waals surface area contributed by atoms with Crippen molar-refractivity contribution in [3.05, 3.63) is 64.7 Å². The van der Waals surface area contributed by atoms with E-state index in [1.54, 1.807) is 12.3 Å². The highest BCUT2D eigenvalue weighted by Crippen LogP contribution is 2.22. The van der Waals surface area contributed by atoms with Crippen molar-refractivity contribution in [3.63, 3.8) is 0 Å². The fourth-order valence-electron chi connectivity index (χ4n) is 3.75. The average Bonchev–Trinajstić information content (AvgIpc) is 3.20. The van der Waals surface area contributed by atoms with E-state index in [4.69, 9.17) is 0 Å². The Bertz CT molecular complexity index is 961. The molecule has 1 amide bonds. The second kappa shape index (κ2) is 7.15. The standard InChI is InChI=1S/C20H22N4O2/c25-19-14-18(22-17-8-2-1-7-16(17)19)20(26)24-12-4-3-6-15(24)9-13-23-11-5-10-21-23/h1-2,5,7-8,10-11,14-15H,3-4,6,9,12-13H2,(H,22,25). The minimum atomic E-state index is -0.118. The van der Waals surface area contributed by atoms with Gasteiger partial charge in [0.05, 0.1) is 0 Å². The first kappa shape index (κ1) is 16.6. The number of hydrogen-bond donors (Lipinski definition) is 1. The van der Waals surface area contributed by atoms with Gasteiger partial charge in [-0.1, -0.05) is 12.1 Å². The lowest BCUT2D eigenvalue weighted by molar-refractivity contribution is 0.0588. The number of piperidine rings is 1. The molecule has 3 aromatic rings. The number of benzene rings is 1. The van der Waals surface area contributed by atoms with Gasteiger partial charge in [0.15, 0.2) is 5.43 Å². The second-order valence-corrected chi connectivity index (χ2v) is 6.80. The van der Waals surface area contributed by atoms with Crippen LogP contribution in [0, 0.1) is 0 Å². The summed E-state index contributed by atoms with van der Waals surface area (Å²) in [6.07, 6.45) is 7.69. The van der Waals surface area contributed by atoms with Gasteiger partial charge in [-0.2, -0.15) is 5.10 Å². The zero-order valence-corrected chi connectivity index (χ0v) is 14.6. The summed E-state index contributed by atoms with van der Waals surface area (Å²) < 4.78 is 1.90. The maximum atomic E-state index is 13.1. The summed E-state index contributed by atoms with van der Waals surface area (Å²) in [7, 11) is 0. The molecular weight excluding hydrogens is 328 g/mol. The van der Waals surface area contributed by atoms with Crippen LogP contribution in [0.5, 0.6) is 0 Å². The number of nitrogens with one attached hydrogen (secondary N) is 1. The van der Waals surface area contributed by atoms with E-state index in [1.165, 1.54) is 6.07 Å². The molecule has 0 aliphatic carbocycles. The number of rotatable bonds is 4. The highest BCUT2D eigenvalue weighted by atomic mass is 16.2. The van der Waals surface area contributed by atoms with E-state index in [-0.39, 0.29) is 17.4 Å². The Morgan fingerprint density at radius 2 is 2.12 bits per heavy atom. The van der Waals surface area contributed by atoms with Gasteiger partial charge in [0.25, 0.3) is 5.91 Å². The number of para-hydroxylation sites is 1. The third-order valence-electron chi connectivity index (χ3n) is 5.11. The Morgan fingerprint density at radius 1 is 1.23 bits per heavy atom. The predicted octanol–water partition coefficient (Wildman–Crippen LogP) is 2.81. The number of nitrogens with zero attached hydrogens (tertiary/aromatic N) is 3. The van der Waals surface area contributed by atoms with Gasteiger partial charge in [0, 0.05) is 48.5 Å². The zero-order valence-electron chi connectivity index (χ0n) is 14.6. The van der Waals surface area contributed by atoms with Gasteiger partial charge >= 0.3 is 0 Å². The van der Waals surface area contributed by atoms with Crippen LogP contribution in [0.1, 0.15) is 36.2 Å². The van der Waals surface area contributed by atoms with E-state index in [0.29, 0.717) is 16.6 Å². The maximum Gasteiger partial charge on any atom is 0.270 e. The van der Waals surface area contributed by atoms with E-state index >= 15 is 0 Å². The van der Waals surface area contributed by atoms with Gasteiger partial charge in [0.2, 0.25) is 0 Å². The molecule has 6 nitrogen and oxygen atoms in total. The molecule has 1 unspecified atom stereocenters. The number of aromatic amines is 1. The van der Waals surface area contributed by atoms with Gasteiger partial charge in [-0.3, -0.25) is 14.3 Å². The van der Waals surface area contributed by atoms with E-state index < -0.39 is 0 Å². The monoisotopic (exact) mass is 350 g/mol. The number of aryl methyl sites for hydroxylation is 1. The molecule has 26 heavy (non-hydrogen) atoms. The van der Waals surface area contributed by atoms with Crippen LogP contribution in [-0.2, 0) is 6.54 Å². The van der Waals surface area contributed by atoms with Crippen molar-refractivity contribution >= 4 is 16.8 Å². The van der Waals surface area contributed by atoms with E-state index in [2.05, 4.69) is 10.1 Å². The third-order valence-corrected chi connectivity index (χ3v) is 5.11. The predicted molar refractivity (Wildman–Crippen MR) is 100 cm³/mol. The smallest absolute Gasteiger partial charge is 0.270 e. The molecule has 3 heterocycles. The van der Waals surface area contributed by atoms with Crippen molar-refractivity contribution in [2.24, 2.45) is 0 Å². The van der Waals surface area contributed by atoms with Crippen LogP contribution in [0.3, 0.4) is 0 Å². The number of pyridine rings is 1. The molecule has 2 aromatic heterocycles. The van der Waals surface area contributed by atoms with Crippen LogP contribution in [0.2, 0.25) is 0 Å². The second-order valence-electron chi connectivity index (χ2n) is 6.80. The minimum absolute atomic E-state index is 0.0852. The Balaban J connectivity index is 1.57. The summed E-state index contributed by atoms with van der Waals surface area (Å²) in [5.41, 5.74) is 0.959. The number of carbonyl (C=O) groups excluding carboxylic acids is 1. The van der Waals surface area contributed by atoms with Crippen molar-refractivity contribution < 1.29 is 4.79 Å². The van der Waals surface area contributed by atoms with Crippen LogP contribution in [0.25, 0.3) is 10.9 Å². The number of H-pyrrole nitrogens is 1. The summed E-state index contributed by atoms with van der Waals surface area (Å²) in [6.45, 7) is 1.52. The first-order valence-electron chi connectivity index (χ1n) is 9.13. The largest absolute Gasteiger partial charge is 0.350 e. The van der Waals surface area contributed by atoms with E-state index in [1.807, 2.05) is 40.0 Å². The molecule has 0 saturated carbocycles. The molecule has 4 rings (SSSR count). The Labute approximate surface area is 151 Å². The highest BCUT2D eigenvalue weighted by molar-refractivity contribution is 5.95. The van der Waals surface area contributed by atoms with E-state index in [9.17, 15) is 9.59 Å². The minimum Gasteiger partial charge on any atom is -0.350 e. The SMILES string of the molecule is O=C(c1cc(=O)c2ccccc2[nH]1)N1CCCCC1CCn1cccn1. The molecule has 0 spiro atoms. The highest BCUT2D eigenvalue weighted by Gasteiger charge is 2.28. The van der Waals surface area contributed by atoms with Crippen molar-refractivity contribution in [2.75, 3.05) is 6.54 Å². The molecular formula is C20H22N4O2. The number of aromatic nitrogens is 3. The molecule has 1 saturated heterocycles. The molecule has 0 bridgehead atoms. The van der Waals surface area contributed by atoms with Gasteiger partial charge in [-0.05, 0) is 43.9 Å². The molecule has 1 N–H and O–H groups in total. The number of likely N-dealkylation sites (tertiary alicyclic amines) is 1. The lowest BCUT2D eigenvalue weighted by Crippen LogP contribution is -2.44. The Hall–Kier alpha value is -2.89. The van der Waals surface area contributed by atoms with Gasteiger partial charge < -0.3 is 9.88 Å². The summed E-state index contributed by atoms with van der Waals surface area (Å²) >= 11 is 0. The lowest BCUT2D eigenvalue weighted by atomic mass is 9.98. The topological polar surface area (TPSA) is 71.0 Å². The molecule has 1 aromatic carbocycles. The first-order valence-corrected chi connectivity index (χ1v) is 9.13. The van der Waals surface area contributed by atoms with Crippen LogP contribution in [-0.4, -0.2) is 38.2 Å². The summed E-state index contributed by atoms with van der Waals surface area (Å²) in [4.78, 5) is 30.5. The van der Waals surface area contributed by atoms with Gasteiger partial charge in [0.1, 0.15) is 5.69 Å². The molecule has 1 atom stereocenters. The zero-order chi connectivity index (χ0) is 17.9. The number of hydrogen-bond acceptors (Lipinski definition) is 3. The summed E-state index contributed by atoms with van der Waals surface area (Å²) in [6, 6.07) is 10.8. The number of fused-ring (bicyclic) bond motifs is 1. The van der Waals surface area contributed by atoms with Gasteiger partial charge in [-0.15, -0.1) is 0 Å². The first-order chi connectivity index (χ1) is 12.7. The van der Waals surface area contributed by atoms with Crippen molar-refractivity contribution in [3.8, 4) is 0 Å². The van der Waals surface area contributed by atoms with Crippen LogP contribution < -0.4 is 5.43 Å². The third kappa shape index (κ3) is 3.27. The average molecular weight is 350 g/mol. The maximum absolute atomic E-state index is 13.1. The molecule has 6 heteroatoms. The van der Waals surface area contributed by atoms with Crippen LogP contribution in [0.15, 0.2) is 53.6 Å². The molecule has 134 valence electrons. The fraction of sp³-hybridized carbons (Fsp3) is 0.350. The Morgan fingerprint density at radius 3 is 2.96 bits per heavy atom. The molecule has 0 radical (unpaired) electrons. The normalized spacial score (nSPS) is 17.5. The number of carbonyl (C=O) groups is 1. The quantitative estimate of drug-likeness (QED) is 0.786. The molecule has 1 aliphatic rings. The van der Waals surface area contributed by atoms with Crippen molar-refractivity contribution in [1.29, 1.82) is 0 Å². The molecule has 1 aliphatic heterocycles. The summed E-state index contributed by atoms with van der Waals surface area (Å²) in [5.74, 6) is -0.0852. The lowest BCUT2D eigenvalue weighted by Gasteiger charge is -2.35. The van der Waals surface area contributed by atoms with Crippen molar-refractivity contribution in [1.82, 2.24) is 19.7 Å². The van der Waals surface area contributed by atoms with Crippen LogP contribution in [0.4, 0.5) is 0 Å². The fourth-order valence-corrected chi connectivity index (χ4v) is 3.75. The van der Waals surface area contributed by atoms with Crippen LogP contribution >= 0.6 is 0 Å². The molecule has 1 fully saturated rings. The van der Waals surface area contributed by atoms with Gasteiger partial charge in [-0.25, -0.2) is 0 Å². The number of amides is 1. The Kier molecular flexibility index (Phi) is 4.56. The van der Waals surface area contributed by atoms with E-state index in [0.717, 1.165) is 38.8 Å².